The van der Waals surface area contributed by atoms with Crippen molar-refractivity contribution in [1.82, 2.24) is 0 Å². The number of ketones is 1. The van der Waals surface area contributed by atoms with Crippen LogP contribution in [0.25, 0.3) is 0 Å². The molecule has 5 heteroatoms. The van der Waals surface area contributed by atoms with Gasteiger partial charge in [0.25, 0.3) is 0 Å². The number of benzene rings is 1. The molecule has 0 aromatic heterocycles. The van der Waals surface area contributed by atoms with E-state index < -0.39 is 6.10 Å². The predicted octanol–water partition coefficient (Wildman–Crippen LogP) is 1.61. The van der Waals surface area contributed by atoms with Crippen molar-refractivity contribution in [2.75, 3.05) is 18.1 Å². The van der Waals surface area contributed by atoms with E-state index in [1.807, 2.05) is 0 Å². The number of carbonyl (C=O) groups excluding carboxylic acids is 1. The molecule has 0 spiro atoms. The van der Waals surface area contributed by atoms with Crippen LogP contribution in [-0.2, 0) is 0 Å². The first-order valence-corrected chi connectivity index (χ1v) is 6.32. The molecular weight excluding hydrogens is 248 g/mol. The molecule has 0 saturated carbocycles. The Hall–Kier alpha value is -0.550. The van der Waals surface area contributed by atoms with Crippen LogP contribution in [0.1, 0.15) is 10.4 Å². The summed E-state index contributed by atoms with van der Waals surface area (Å²) in [7, 11) is 0. The van der Waals surface area contributed by atoms with Gasteiger partial charge in [0.1, 0.15) is 0 Å². The number of rotatable bonds is 6. The third-order valence-corrected chi connectivity index (χ3v) is 3.22. The molecule has 0 radical (unpaired) electrons. The maximum atomic E-state index is 11.6. The highest BCUT2D eigenvalue weighted by Crippen LogP contribution is 2.13. The standard InChI is InChI=1S/C11H13ClO3S/c12-9-3-1-2-8(4-9)11(15)7-16-6-10(14)5-13/h1-4,10,13-14H,5-7H2. The lowest BCUT2D eigenvalue weighted by molar-refractivity contribution is 0.102. The largest absolute Gasteiger partial charge is 0.394 e. The third-order valence-electron chi connectivity index (χ3n) is 1.90. The van der Waals surface area contributed by atoms with Gasteiger partial charge < -0.3 is 10.2 Å². The fourth-order valence-corrected chi connectivity index (χ4v) is 2.12. The van der Waals surface area contributed by atoms with E-state index in [-0.39, 0.29) is 18.1 Å². The fraction of sp³-hybridized carbons (Fsp3) is 0.364. The van der Waals surface area contributed by atoms with Crippen LogP contribution in [0.3, 0.4) is 0 Å². The summed E-state index contributed by atoms with van der Waals surface area (Å²) in [4.78, 5) is 11.6. The van der Waals surface area contributed by atoms with Crippen molar-refractivity contribution in [2.45, 2.75) is 6.10 Å². The van der Waals surface area contributed by atoms with Crippen molar-refractivity contribution in [3.8, 4) is 0 Å². The molecule has 16 heavy (non-hydrogen) atoms. The molecule has 1 unspecified atom stereocenters. The van der Waals surface area contributed by atoms with E-state index in [4.69, 9.17) is 21.8 Å². The Bertz CT molecular complexity index is 357. The van der Waals surface area contributed by atoms with E-state index in [0.717, 1.165) is 0 Å². The van der Waals surface area contributed by atoms with E-state index >= 15 is 0 Å². The molecule has 1 atom stereocenters. The predicted molar refractivity (Wildman–Crippen MR) is 66.2 cm³/mol. The average Bonchev–Trinajstić information content (AvgIpc) is 2.28. The van der Waals surface area contributed by atoms with Gasteiger partial charge in [-0.25, -0.2) is 0 Å². The summed E-state index contributed by atoms with van der Waals surface area (Å²) in [5, 5.41) is 18.2. The van der Waals surface area contributed by atoms with Gasteiger partial charge in [-0.1, -0.05) is 23.7 Å². The van der Waals surface area contributed by atoms with Crippen molar-refractivity contribution in [2.24, 2.45) is 0 Å². The molecular formula is C11H13ClO3S. The maximum absolute atomic E-state index is 11.6. The zero-order chi connectivity index (χ0) is 12.0. The van der Waals surface area contributed by atoms with E-state index in [1.165, 1.54) is 11.8 Å². The quantitative estimate of drug-likeness (QED) is 0.763. The van der Waals surface area contributed by atoms with Crippen LogP contribution in [-0.4, -0.2) is 40.2 Å². The minimum absolute atomic E-state index is 0.0300. The van der Waals surface area contributed by atoms with Gasteiger partial charge in [-0.3, -0.25) is 4.79 Å². The molecule has 0 aliphatic heterocycles. The number of hydrogen-bond donors (Lipinski definition) is 2. The summed E-state index contributed by atoms with van der Waals surface area (Å²) in [6, 6.07) is 6.76. The van der Waals surface area contributed by atoms with Gasteiger partial charge in [-0.2, -0.15) is 11.8 Å². The number of hydrogen-bond acceptors (Lipinski definition) is 4. The molecule has 0 aliphatic carbocycles. The van der Waals surface area contributed by atoms with E-state index in [2.05, 4.69) is 0 Å². The van der Waals surface area contributed by atoms with Crippen molar-refractivity contribution < 1.29 is 15.0 Å². The van der Waals surface area contributed by atoms with Gasteiger partial charge in [-0.05, 0) is 12.1 Å². The molecule has 3 nitrogen and oxygen atoms in total. The van der Waals surface area contributed by atoms with Crippen molar-refractivity contribution in [1.29, 1.82) is 0 Å². The summed E-state index contributed by atoms with van der Waals surface area (Å²) < 4.78 is 0. The molecule has 0 bridgehead atoms. The maximum Gasteiger partial charge on any atom is 0.172 e. The molecule has 2 N–H and O–H groups in total. The van der Waals surface area contributed by atoms with Gasteiger partial charge in [0.05, 0.1) is 18.5 Å². The zero-order valence-corrected chi connectivity index (χ0v) is 10.2. The highest BCUT2D eigenvalue weighted by Gasteiger charge is 2.08. The number of carbonyl (C=O) groups is 1. The molecule has 0 saturated heterocycles. The molecule has 0 fully saturated rings. The summed E-state index contributed by atoms with van der Waals surface area (Å²) >= 11 is 7.06. The molecule has 1 rings (SSSR count). The van der Waals surface area contributed by atoms with Crippen LogP contribution < -0.4 is 0 Å². The summed E-state index contributed by atoms with van der Waals surface area (Å²) in [6.45, 7) is -0.279. The lowest BCUT2D eigenvalue weighted by atomic mass is 10.1. The zero-order valence-electron chi connectivity index (χ0n) is 8.60. The Morgan fingerprint density at radius 2 is 2.25 bits per heavy atom. The fourth-order valence-electron chi connectivity index (χ4n) is 1.09. The molecule has 1 aromatic carbocycles. The smallest absolute Gasteiger partial charge is 0.172 e. The monoisotopic (exact) mass is 260 g/mol. The van der Waals surface area contributed by atoms with E-state index in [1.54, 1.807) is 24.3 Å². The SMILES string of the molecule is O=C(CSCC(O)CO)c1cccc(Cl)c1. The van der Waals surface area contributed by atoms with Gasteiger partial charge in [0.2, 0.25) is 0 Å². The molecule has 0 heterocycles. The molecule has 88 valence electrons. The van der Waals surface area contributed by atoms with Crippen LogP contribution >= 0.6 is 23.4 Å². The Morgan fingerprint density at radius 3 is 2.88 bits per heavy atom. The first kappa shape index (κ1) is 13.5. The topological polar surface area (TPSA) is 57.5 Å². The van der Waals surface area contributed by atoms with E-state index in [9.17, 15) is 4.79 Å². The van der Waals surface area contributed by atoms with Crippen LogP contribution in [0.4, 0.5) is 0 Å². The minimum atomic E-state index is -0.767. The van der Waals surface area contributed by atoms with Gasteiger partial charge >= 0.3 is 0 Å². The summed E-state index contributed by atoms with van der Waals surface area (Å²) in [5.41, 5.74) is 0.568. The Balaban J connectivity index is 2.41. The van der Waals surface area contributed by atoms with Gasteiger partial charge in [0, 0.05) is 16.3 Å². The van der Waals surface area contributed by atoms with Crippen LogP contribution in [0.15, 0.2) is 24.3 Å². The summed E-state index contributed by atoms with van der Waals surface area (Å²) in [6.07, 6.45) is -0.767. The first-order valence-electron chi connectivity index (χ1n) is 4.79. The van der Waals surface area contributed by atoms with Crippen molar-refractivity contribution in [3.05, 3.63) is 34.9 Å². The van der Waals surface area contributed by atoms with Crippen LogP contribution in [0.5, 0.6) is 0 Å². The lowest BCUT2D eigenvalue weighted by Gasteiger charge is -2.06. The molecule has 0 amide bonds. The third kappa shape index (κ3) is 4.53. The number of thioether (sulfide) groups is 1. The minimum Gasteiger partial charge on any atom is -0.394 e. The average molecular weight is 261 g/mol. The van der Waals surface area contributed by atoms with Gasteiger partial charge in [-0.15, -0.1) is 0 Å². The van der Waals surface area contributed by atoms with Crippen molar-refractivity contribution >= 4 is 29.1 Å². The Kier molecular flexibility index (Phi) is 5.84. The van der Waals surface area contributed by atoms with Crippen LogP contribution in [0, 0.1) is 0 Å². The highest BCUT2D eigenvalue weighted by molar-refractivity contribution is 8.00. The Morgan fingerprint density at radius 1 is 1.50 bits per heavy atom. The first-order chi connectivity index (χ1) is 7.63. The second kappa shape index (κ2) is 6.91. The second-order valence-corrected chi connectivity index (χ2v) is 4.75. The second-order valence-electron chi connectivity index (χ2n) is 3.29. The van der Waals surface area contributed by atoms with E-state index in [0.29, 0.717) is 16.3 Å². The van der Waals surface area contributed by atoms with Crippen LogP contribution in [0.2, 0.25) is 5.02 Å². The normalized spacial score (nSPS) is 12.4. The molecule has 1 aromatic rings. The number of halogens is 1. The van der Waals surface area contributed by atoms with Crippen molar-refractivity contribution in [3.63, 3.8) is 0 Å². The number of Topliss-reactive ketones (excluding diaryl/α,β-unsaturated/α-hetero) is 1. The highest BCUT2D eigenvalue weighted by atomic mass is 35.5. The lowest BCUT2D eigenvalue weighted by Crippen LogP contribution is -2.16. The molecule has 0 aliphatic rings. The van der Waals surface area contributed by atoms with Gasteiger partial charge in [0.15, 0.2) is 5.78 Å². The Labute approximate surface area is 103 Å². The summed E-state index contributed by atoms with van der Waals surface area (Å²) in [5.74, 6) is 0.595. The number of aliphatic hydroxyl groups excluding tert-OH is 2. The number of aliphatic hydroxyl groups is 2.